The lowest BCUT2D eigenvalue weighted by atomic mass is 9.95. The second kappa shape index (κ2) is 12.0. The molecular formula is C28H24Cl2N2O6S. The number of anilines is 1. The van der Waals surface area contributed by atoms with E-state index in [1.54, 1.807) is 43.3 Å². The van der Waals surface area contributed by atoms with Crippen LogP contribution in [0.3, 0.4) is 0 Å². The summed E-state index contributed by atoms with van der Waals surface area (Å²) in [7, 11) is 0. The highest BCUT2D eigenvalue weighted by molar-refractivity contribution is 7.17. The number of halogens is 2. The number of hydrogen-bond donors (Lipinski definition) is 1. The van der Waals surface area contributed by atoms with Crippen LogP contribution in [0.1, 0.15) is 45.9 Å². The van der Waals surface area contributed by atoms with Gasteiger partial charge in [-0.1, -0.05) is 60.2 Å². The molecule has 1 unspecified atom stereocenters. The van der Waals surface area contributed by atoms with Gasteiger partial charge in [-0.25, -0.2) is 9.78 Å². The van der Waals surface area contributed by atoms with E-state index in [4.69, 9.17) is 32.7 Å². The van der Waals surface area contributed by atoms with Gasteiger partial charge < -0.3 is 14.6 Å². The van der Waals surface area contributed by atoms with Crippen molar-refractivity contribution >= 4 is 63.1 Å². The van der Waals surface area contributed by atoms with E-state index < -0.39 is 29.5 Å². The Bertz CT molecular complexity index is 1480. The number of ether oxygens (including phenoxy) is 2. The number of ketones is 1. The summed E-state index contributed by atoms with van der Waals surface area (Å²) < 4.78 is 10.7. The van der Waals surface area contributed by atoms with Gasteiger partial charge in [0.05, 0.1) is 23.9 Å². The van der Waals surface area contributed by atoms with Crippen LogP contribution < -0.4 is 9.64 Å². The van der Waals surface area contributed by atoms with Gasteiger partial charge in [-0.15, -0.1) is 0 Å². The van der Waals surface area contributed by atoms with Crippen LogP contribution in [0.15, 0.2) is 60.7 Å². The Morgan fingerprint density at radius 2 is 1.92 bits per heavy atom. The minimum absolute atomic E-state index is 0.00131. The molecule has 0 spiro atoms. The molecule has 3 aromatic rings. The van der Waals surface area contributed by atoms with Crippen molar-refractivity contribution < 1.29 is 29.0 Å². The van der Waals surface area contributed by atoms with E-state index in [9.17, 15) is 19.5 Å². The standard InChI is InChI=1S/C28H24Cl2N2O6S/c1-4-12-37-18-9-6-16(7-10-18)23(33)21-22(19-11-8-17(29)14-20(19)30)32(26(35)24(21)34)28-31-15(3)25(39-28)27(36)38-13-5-2/h5-11,14,22,33H,2,4,12-13H2,1,3H3/b23-21+. The van der Waals surface area contributed by atoms with E-state index in [1.165, 1.54) is 12.1 Å². The maximum absolute atomic E-state index is 13.4. The Kier molecular flexibility index (Phi) is 8.74. The van der Waals surface area contributed by atoms with E-state index in [2.05, 4.69) is 11.6 Å². The zero-order valence-corrected chi connectivity index (χ0v) is 23.4. The van der Waals surface area contributed by atoms with Crippen molar-refractivity contribution in [3.8, 4) is 5.75 Å². The maximum Gasteiger partial charge on any atom is 0.350 e. The zero-order valence-electron chi connectivity index (χ0n) is 21.1. The minimum atomic E-state index is -1.15. The zero-order chi connectivity index (χ0) is 28.3. The summed E-state index contributed by atoms with van der Waals surface area (Å²) >= 11 is 13.5. The highest BCUT2D eigenvalue weighted by Gasteiger charge is 2.49. The molecule has 39 heavy (non-hydrogen) atoms. The van der Waals surface area contributed by atoms with Crippen molar-refractivity contribution in [1.29, 1.82) is 0 Å². The summed E-state index contributed by atoms with van der Waals surface area (Å²) in [4.78, 5) is 45.1. The van der Waals surface area contributed by atoms with Crippen molar-refractivity contribution in [2.24, 2.45) is 0 Å². The number of carbonyl (C=O) groups is 3. The molecule has 11 heteroatoms. The maximum atomic E-state index is 13.4. The molecule has 0 bridgehead atoms. The van der Waals surface area contributed by atoms with E-state index >= 15 is 0 Å². The summed E-state index contributed by atoms with van der Waals surface area (Å²) in [5, 5.41) is 11.9. The van der Waals surface area contributed by atoms with Crippen LogP contribution in [0, 0.1) is 6.92 Å². The average Bonchev–Trinajstić information content (AvgIpc) is 3.42. The fourth-order valence-electron chi connectivity index (χ4n) is 4.01. The highest BCUT2D eigenvalue weighted by Crippen LogP contribution is 2.46. The third kappa shape index (κ3) is 5.71. The van der Waals surface area contributed by atoms with Crippen molar-refractivity contribution in [2.75, 3.05) is 18.1 Å². The number of nitrogens with zero attached hydrogens (tertiary/aromatic N) is 2. The molecule has 1 N–H and O–H groups in total. The summed E-state index contributed by atoms with van der Waals surface area (Å²) in [6.45, 7) is 7.63. The fourth-order valence-corrected chi connectivity index (χ4v) is 5.51. The van der Waals surface area contributed by atoms with Crippen molar-refractivity contribution in [3.63, 3.8) is 0 Å². The smallest absolute Gasteiger partial charge is 0.350 e. The molecule has 2 heterocycles. The molecule has 2 aromatic carbocycles. The number of carbonyl (C=O) groups excluding carboxylic acids is 3. The Balaban J connectivity index is 1.86. The first-order valence-electron chi connectivity index (χ1n) is 11.9. The van der Waals surface area contributed by atoms with E-state index in [-0.39, 0.29) is 27.2 Å². The second-order valence-electron chi connectivity index (χ2n) is 8.51. The molecule has 1 fully saturated rings. The van der Waals surface area contributed by atoms with Gasteiger partial charge in [0.2, 0.25) is 0 Å². The molecule has 1 aliphatic rings. The molecule has 4 rings (SSSR count). The molecule has 1 amide bonds. The number of aliphatic hydroxyl groups excluding tert-OH is 1. The third-order valence-corrected chi connectivity index (χ3v) is 7.51. The number of Topliss-reactive ketones (excluding diaryl/α,β-unsaturated/α-hetero) is 1. The molecule has 8 nitrogen and oxygen atoms in total. The summed E-state index contributed by atoms with van der Waals surface area (Å²) in [5.74, 6) is -2.30. The number of aryl methyl sites for hydroxylation is 1. The predicted octanol–water partition coefficient (Wildman–Crippen LogP) is 6.52. The summed E-state index contributed by atoms with van der Waals surface area (Å²) in [5.41, 5.74) is 0.772. The number of esters is 1. The molecule has 202 valence electrons. The lowest BCUT2D eigenvalue weighted by molar-refractivity contribution is -0.132. The minimum Gasteiger partial charge on any atom is -0.507 e. The number of amides is 1. The molecule has 1 aliphatic heterocycles. The van der Waals surface area contributed by atoms with Crippen LogP contribution in [0.5, 0.6) is 5.75 Å². The second-order valence-corrected chi connectivity index (χ2v) is 10.3. The molecule has 1 atom stereocenters. The molecular weight excluding hydrogens is 563 g/mol. The lowest BCUT2D eigenvalue weighted by Crippen LogP contribution is -2.29. The first-order chi connectivity index (χ1) is 18.7. The number of aromatic nitrogens is 1. The highest BCUT2D eigenvalue weighted by atomic mass is 35.5. The third-order valence-electron chi connectivity index (χ3n) is 5.81. The van der Waals surface area contributed by atoms with E-state index in [0.29, 0.717) is 34.2 Å². The first kappa shape index (κ1) is 28.4. The van der Waals surface area contributed by atoms with Gasteiger partial charge in [-0.05, 0) is 55.3 Å². The monoisotopic (exact) mass is 586 g/mol. The number of rotatable bonds is 9. The molecule has 0 radical (unpaired) electrons. The molecule has 1 aromatic heterocycles. The topological polar surface area (TPSA) is 106 Å². The van der Waals surface area contributed by atoms with Gasteiger partial charge in [0, 0.05) is 15.6 Å². The van der Waals surface area contributed by atoms with Gasteiger partial charge in [0.15, 0.2) is 5.13 Å². The van der Waals surface area contributed by atoms with Gasteiger partial charge in [-0.2, -0.15) is 0 Å². The molecule has 0 aliphatic carbocycles. The van der Waals surface area contributed by atoms with Crippen LogP contribution in [0.2, 0.25) is 10.0 Å². The van der Waals surface area contributed by atoms with E-state index in [1.807, 2.05) is 6.92 Å². The Hall–Kier alpha value is -3.66. The lowest BCUT2D eigenvalue weighted by Gasteiger charge is -2.24. The van der Waals surface area contributed by atoms with Crippen LogP contribution in [0.4, 0.5) is 5.13 Å². The SMILES string of the molecule is C=CCOC(=O)c1sc(N2C(=O)C(=O)/C(=C(/O)c3ccc(OCCC)cc3)C2c2ccc(Cl)cc2Cl)nc1C. The van der Waals surface area contributed by atoms with Crippen molar-refractivity contribution in [3.05, 3.63) is 92.4 Å². The van der Waals surface area contributed by atoms with Crippen molar-refractivity contribution in [1.82, 2.24) is 4.98 Å². The van der Waals surface area contributed by atoms with Gasteiger partial charge in [0.25, 0.3) is 5.78 Å². The Morgan fingerprint density at radius 3 is 2.56 bits per heavy atom. The Labute approximate surface area is 239 Å². The van der Waals surface area contributed by atoms with Crippen LogP contribution >= 0.6 is 34.5 Å². The Morgan fingerprint density at radius 1 is 1.21 bits per heavy atom. The predicted molar refractivity (Wildman–Crippen MR) is 151 cm³/mol. The van der Waals surface area contributed by atoms with Crippen LogP contribution in [0.25, 0.3) is 5.76 Å². The fraction of sp³-hybridized carbons (Fsp3) is 0.214. The molecule has 0 saturated carbocycles. The summed E-state index contributed by atoms with van der Waals surface area (Å²) in [6, 6.07) is 9.98. The van der Waals surface area contributed by atoms with Crippen LogP contribution in [-0.2, 0) is 14.3 Å². The van der Waals surface area contributed by atoms with Gasteiger partial charge in [0.1, 0.15) is 23.0 Å². The summed E-state index contributed by atoms with van der Waals surface area (Å²) in [6.07, 6.45) is 2.26. The van der Waals surface area contributed by atoms with E-state index in [0.717, 1.165) is 22.7 Å². The van der Waals surface area contributed by atoms with Crippen molar-refractivity contribution in [2.45, 2.75) is 26.3 Å². The normalized spacial score (nSPS) is 16.4. The van der Waals surface area contributed by atoms with Gasteiger partial charge in [-0.3, -0.25) is 14.5 Å². The average molecular weight is 587 g/mol. The molecule has 1 saturated heterocycles. The quantitative estimate of drug-likeness (QED) is 0.1000. The first-order valence-corrected chi connectivity index (χ1v) is 13.5. The number of benzene rings is 2. The van der Waals surface area contributed by atoms with Gasteiger partial charge >= 0.3 is 11.9 Å². The largest absolute Gasteiger partial charge is 0.507 e. The number of aliphatic hydroxyl groups is 1. The number of hydrogen-bond acceptors (Lipinski definition) is 8. The number of thiazole rings is 1. The van der Waals surface area contributed by atoms with Crippen LogP contribution in [-0.4, -0.2) is 41.0 Å².